The standard InChI is InChI=1S/C30H39N5O6/c1-19(36)25(10-7-17-32-20(2)31)34-30(41)27(35-29(40)26(33-21(3)37)15-16-28(38)39)18-22-11-13-24(14-12-22)23-8-5-4-6-9-23/h4-6,8-9,11-14,25-27H,7,10,15-18H2,1-3H3,(H2,31,32)(H,33,37)(H,34,41)(H,35,40)(H,38,39). The highest BCUT2D eigenvalue weighted by molar-refractivity contribution is 5.94. The Morgan fingerprint density at radius 1 is 0.756 bits per heavy atom. The second-order valence-corrected chi connectivity index (χ2v) is 9.88. The first-order chi connectivity index (χ1) is 19.5. The van der Waals surface area contributed by atoms with Gasteiger partial charge in [0.15, 0.2) is 5.78 Å². The number of carbonyl (C=O) groups excluding carboxylic acids is 4. The lowest BCUT2D eigenvalue weighted by Gasteiger charge is -2.25. The quantitative estimate of drug-likeness (QED) is 0.103. The predicted octanol–water partition coefficient (Wildman–Crippen LogP) is 2.19. The number of aliphatic carboxylic acids is 1. The minimum Gasteiger partial charge on any atom is -0.481 e. The highest BCUT2D eigenvalue weighted by Crippen LogP contribution is 2.20. The molecule has 6 N–H and O–H groups in total. The molecule has 0 aliphatic rings. The lowest BCUT2D eigenvalue weighted by atomic mass is 9.99. The molecule has 11 heteroatoms. The first-order valence-corrected chi connectivity index (χ1v) is 13.5. The minimum atomic E-state index is -1.15. The number of rotatable bonds is 16. The van der Waals surface area contributed by atoms with Gasteiger partial charge in [0.05, 0.1) is 11.9 Å². The Morgan fingerprint density at radius 2 is 1.34 bits per heavy atom. The van der Waals surface area contributed by atoms with Crippen LogP contribution in [0.4, 0.5) is 0 Å². The van der Waals surface area contributed by atoms with Crippen LogP contribution in [0, 0.1) is 5.41 Å². The summed E-state index contributed by atoms with van der Waals surface area (Å²) in [6.45, 7) is 4.65. The summed E-state index contributed by atoms with van der Waals surface area (Å²) in [5, 5.41) is 27.2. The van der Waals surface area contributed by atoms with E-state index in [1.165, 1.54) is 13.8 Å². The average molecular weight is 566 g/mol. The van der Waals surface area contributed by atoms with Crippen molar-refractivity contribution in [3.63, 3.8) is 0 Å². The largest absolute Gasteiger partial charge is 0.481 e. The average Bonchev–Trinajstić information content (AvgIpc) is 2.92. The van der Waals surface area contributed by atoms with Gasteiger partial charge < -0.3 is 26.4 Å². The van der Waals surface area contributed by atoms with E-state index in [-0.39, 0.29) is 25.0 Å². The Kier molecular flexibility index (Phi) is 13.2. The first-order valence-electron chi connectivity index (χ1n) is 13.5. The Labute approximate surface area is 240 Å². The van der Waals surface area contributed by atoms with Gasteiger partial charge in [-0.05, 0) is 49.8 Å². The molecule has 0 aromatic heterocycles. The lowest BCUT2D eigenvalue weighted by Crippen LogP contribution is -2.56. The first kappa shape index (κ1) is 32.7. The van der Waals surface area contributed by atoms with Crippen LogP contribution in [0.25, 0.3) is 11.1 Å². The number of benzene rings is 2. The fourth-order valence-electron chi connectivity index (χ4n) is 4.19. The van der Waals surface area contributed by atoms with E-state index < -0.39 is 41.8 Å². The number of ketones is 1. The van der Waals surface area contributed by atoms with Crippen LogP contribution in [0.5, 0.6) is 0 Å². The van der Waals surface area contributed by atoms with E-state index in [4.69, 9.17) is 10.5 Å². The monoisotopic (exact) mass is 565 g/mol. The molecule has 0 heterocycles. The third-order valence-electron chi connectivity index (χ3n) is 6.34. The maximum Gasteiger partial charge on any atom is 0.303 e. The van der Waals surface area contributed by atoms with Gasteiger partial charge in [0.1, 0.15) is 12.1 Å². The van der Waals surface area contributed by atoms with Gasteiger partial charge in [0.25, 0.3) is 0 Å². The van der Waals surface area contributed by atoms with Gasteiger partial charge in [0.2, 0.25) is 17.7 Å². The van der Waals surface area contributed by atoms with E-state index in [1.807, 2.05) is 54.6 Å². The van der Waals surface area contributed by atoms with Gasteiger partial charge in [0, 0.05) is 26.3 Å². The third kappa shape index (κ3) is 12.0. The number of Topliss-reactive ketones (excluding diaryl/α,β-unsaturated/α-hetero) is 1. The van der Waals surface area contributed by atoms with Crippen molar-refractivity contribution in [1.29, 1.82) is 5.41 Å². The fraction of sp³-hybridized carbons (Fsp3) is 0.400. The highest BCUT2D eigenvalue weighted by atomic mass is 16.4. The van der Waals surface area contributed by atoms with Gasteiger partial charge in [-0.1, -0.05) is 54.6 Å². The third-order valence-corrected chi connectivity index (χ3v) is 6.34. The number of hydrogen-bond donors (Lipinski definition) is 6. The van der Waals surface area contributed by atoms with Crippen molar-refractivity contribution in [3.8, 4) is 11.1 Å². The van der Waals surface area contributed by atoms with Crippen LogP contribution in [-0.4, -0.2) is 65.1 Å². The van der Waals surface area contributed by atoms with Crippen LogP contribution < -0.4 is 21.3 Å². The summed E-state index contributed by atoms with van der Waals surface area (Å²) in [5.74, 6) is -2.88. The summed E-state index contributed by atoms with van der Waals surface area (Å²) in [6.07, 6.45) is 0.444. The van der Waals surface area contributed by atoms with Crippen molar-refractivity contribution in [1.82, 2.24) is 21.3 Å². The molecule has 3 unspecified atom stereocenters. The molecule has 2 aromatic carbocycles. The zero-order valence-corrected chi connectivity index (χ0v) is 23.7. The predicted molar refractivity (Wildman–Crippen MR) is 155 cm³/mol. The van der Waals surface area contributed by atoms with E-state index in [2.05, 4.69) is 21.3 Å². The molecule has 3 amide bonds. The molecule has 0 aliphatic carbocycles. The molecule has 0 bridgehead atoms. The van der Waals surface area contributed by atoms with Gasteiger partial charge in [-0.3, -0.25) is 29.4 Å². The van der Waals surface area contributed by atoms with Gasteiger partial charge in [-0.2, -0.15) is 0 Å². The number of carboxylic acid groups (broad SMARTS) is 1. The van der Waals surface area contributed by atoms with Crippen molar-refractivity contribution in [2.45, 2.75) is 71.0 Å². The molecular weight excluding hydrogens is 526 g/mol. The number of amidine groups is 1. The van der Waals surface area contributed by atoms with Crippen molar-refractivity contribution >= 4 is 35.3 Å². The SMILES string of the molecule is CC(=N)NCCCC(NC(=O)C(Cc1ccc(-c2ccccc2)cc1)NC(=O)C(CCC(=O)O)NC(C)=O)C(C)=O. The number of carbonyl (C=O) groups is 5. The minimum absolute atomic E-state index is 0.0948. The van der Waals surface area contributed by atoms with Gasteiger partial charge in [-0.25, -0.2) is 0 Å². The molecule has 2 rings (SSSR count). The maximum absolute atomic E-state index is 13.4. The van der Waals surface area contributed by atoms with Crippen LogP contribution in [0.3, 0.4) is 0 Å². The van der Waals surface area contributed by atoms with E-state index >= 15 is 0 Å². The summed E-state index contributed by atoms with van der Waals surface area (Å²) in [6, 6.07) is 14.2. The molecule has 3 atom stereocenters. The fourth-order valence-corrected chi connectivity index (χ4v) is 4.19. The molecule has 0 saturated carbocycles. The Hall–Kier alpha value is -4.54. The number of carboxylic acids is 1. The van der Waals surface area contributed by atoms with Crippen molar-refractivity contribution in [2.24, 2.45) is 0 Å². The Balaban J connectivity index is 2.25. The zero-order valence-electron chi connectivity index (χ0n) is 23.7. The zero-order chi connectivity index (χ0) is 30.4. The van der Waals surface area contributed by atoms with Crippen LogP contribution in [0.15, 0.2) is 54.6 Å². The van der Waals surface area contributed by atoms with E-state index in [1.54, 1.807) is 6.92 Å². The Morgan fingerprint density at radius 3 is 1.90 bits per heavy atom. The summed E-state index contributed by atoms with van der Waals surface area (Å²) >= 11 is 0. The molecular formula is C30H39N5O6. The second-order valence-electron chi connectivity index (χ2n) is 9.88. The molecule has 0 spiro atoms. The van der Waals surface area contributed by atoms with Crippen LogP contribution >= 0.6 is 0 Å². The number of nitrogens with one attached hydrogen (secondary N) is 5. The second kappa shape index (κ2) is 16.5. The van der Waals surface area contributed by atoms with Gasteiger partial charge >= 0.3 is 5.97 Å². The topological polar surface area (TPSA) is 178 Å². The van der Waals surface area contributed by atoms with Crippen molar-refractivity contribution in [2.75, 3.05) is 6.54 Å². The van der Waals surface area contributed by atoms with E-state index in [0.717, 1.165) is 16.7 Å². The molecule has 0 fully saturated rings. The van der Waals surface area contributed by atoms with Gasteiger partial charge in [-0.15, -0.1) is 0 Å². The molecule has 0 saturated heterocycles. The summed E-state index contributed by atoms with van der Waals surface area (Å²) < 4.78 is 0. The van der Waals surface area contributed by atoms with Crippen molar-refractivity contribution in [3.05, 3.63) is 60.2 Å². The van der Waals surface area contributed by atoms with Crippen LogP contribution in [0.1, 0.15) is 52.0 Å². The molecule has 0 radical (unpaired) electrons. The van der Waals surface area contributed by atoms with Crippen LogP contribution in [0.2, 0.25) is 0 Å². The normalized spacial score (nSPS) is 12.8. The number of amides is 3. The molecule has 11 nitrogen and oxygen atoms in total. The van der Waals surface area contributed by atoms with Crippen molar-refractivity contribution < 1.29 is 29.1 Å². The molecule has 2 aromatic rings. The highest BCUT2D eigenvalue weighted by Gasteiger charge is 2.29. The number of hydrogen-bond acceptors (Lipinski definition) is 6. The summed E-state index contributed by atoms with van der Waals surface area (Å²) in [5.41, 5.74) is 2.75. The lowest BCUT2D eigenvalue weighted by molar-refractivity contribution is -0.138. The van der Waals surface area contributed by atoms with E-state index in [9.17, 15) is 24.0 Å². The smallest absolute Gasteiger partial charge is 0.303 e. The van der Waals surface area contributed by atoms with E-state index in [0.29, 0.717) is 25.2 Å². The Bertz CT molecular complexity index is 1220. The molecule has 41 heavy (non-hydrogen) atoms. The molecule has 220 valence electrons. The molecule has 0 aliphatic heterocycles. The maximum atomic E-state index is 13.4. The summed E-state index contributed by atoms with van der Waals surface area (Å²) in [7, 11) is 0. The van der Waals surface area contributed by atoms with Crippen LogP contribution in [-0.2, 0) is 30.4 Å². The summed E-state index contributed by atoms with van der Waals surface area (Å²) in [4.78, 5) is 61.6.